The zero-order chi connectivity index (χ0) is 7.40. The van der Waals surface area contributed by atoms with E-state index in [1.54, 1.807) is 0 Å². The van der Waals surface area contributed by atoms with Gasteiger partial charge in [-0.25, -0.2) is 0 Å². The van der Waals surface area contributed by atoms with Gasteiger partial charge in [0.2, 0.25) is 0 Å². The first-order valence-corrected chi connectivity index (χ1v) is 3.42. The van der Waals surface area contributed by atoms with Crippen molar-refractivity contribution in [1.82, 2.24) is 5.32 Å². The van der Waals surface area contributed by atoms with E-state index in [0.29, 0.717) is 0 Å². The molecule has 0 spiro atoms. The number of rotatable bonds is 1. The van der Waals surface area contributed by atoms with Crippen LogP contribution in [0.15, 0.2) is 28.9 Å². The van der Waals surface area contributed by atoms with E-state index < -0.39 is 0 Å². The van der Waals surface area contributed by atoms with Gasteiger partial charge in [-0.1, -0.05) is 12.2 Å². The average molecular weight is 136 g/mol. The largest absolute Gasteiger partial charge is 0.350 e. The Morgan fingerprint density at radius 1 is 1.70 bits per heavy atom. The van der Waals surface area contributed by atoms with Crippen LogP contribution in [-0.4, -0.2) is 12.4 Å². The Kier molecular flexibility index (Phi) is 2.26. The van der Waals surface area contributed by atoms with Gasteiger partial charge in [-0.3, -0.25) is 4.99 Å². The third kappa shape index (κ3) is 1.72. The Bertz CT molecular complexity index is 199. The molecule has 1 aliphatic heterocycles. The molecule has 0 aromatic carbocycles. The van der Waals surface area contributed by atoms with Crippen LogP contribution in [-0.2, 0) is 0 Å². The summed E-state index contributed by atoms with van der Waals surface area (Å²) in [6.07, 6.45) is 6.06. The highest BCUT2D eigenvalue weighted by atomic mass is 15.0. The minimum absolute atomic E-state index is 0.809. The van der Waals surface area contributed by atoms with Crippen LogP contribution in [0.3, 0.4) is 0 Å². The second-order valence-electron chi connectivity index (χ2n) is 2.27. The minimum Gasteiger partial charge on any atom is -0.350 e. The second-order valence-corrected chi connectivity index (χ2v) is 2.27. The maximum Gasteiger partial charge on any atom is 0.0975 e. The Balaban J connectivity index is 2.54. The van der Waals surface area contributed by atoms with E-state index in [-0.39, 0.29) is 0 Å². The van der Waals surface area contributed by atoms with E-state index in [4.69, 9.17) is 0 Å². The zero-order valence-corrected chi connectivity index (χ0v) is 6.39. The number of allylic oxidation sites excluding steroid dienone is 1. The van der Waals surface area contributed by atoms with E-state index in [1.807, 2.05) is 26.1 Å². The van der Waals surface area contributed by atoms with Crippen LogP contribution in [0.4, 0.5) is 0 Å². The molecule has 1 heterocycles. The van der Waals surface area contributed by atoms with Crippen LogP contribution in [0.2, 0.25) is 0 Å². The third-order valence-electron chi connectivity index (χ3n) is 1.35. The summed E-state index contributed by atoms with van der Waals surface area (Å²) in [4.78, 5) is 4.22. The summed E-state index contributed by atoms with van der Waals surface area (Å²) in [6, 6.07) is 0. The van der Waals surface area contributed by atoms with Crippen LogP contribution in [0.5, 0.6) is 0 Å². The second kappa shape index (κ2) is 3.20. The standard InChI is InChI=1S/C8H12N2/c1-3-4-8-5-9-7(2)10-6-8/h3-5H,6H2,1-2H3,(H,9,10)/b4-3-. The molecule has 1 aliphatic rings. The monoisotopic (exact) mass is 136 g/mol. The molecule has 0 saturated heterocycles. The van der Waals surface area contributed by atoms with Crippen LogP contribution in [0.25, 0.3) is 0 Å². The molecule has 1 N–H and O–H groups in total. The number of nitrogens with one attached hydrogen (secondary N) is 1. The fraction of sp³-hybridized carbons (Fsp3) is 0.375. The van der Waals surface area contributed by atoms with Crippen molar-refractivity contribution in [2.75, 3.05) is 6.54 Å². The van der Waals surface area contributed by atoms with E-state index in [0.717, 1.165) is 12.4 Å². The SMILES string of the molecule is C/C=C\C1=CNC(C)=NC1. The fourth-order valence-electron chi connectivity index (χ4n) is 0.813. The highest BCUT2D eigenvalue weighted by Crippen LogP contribution is 2.00. The molecule has 0 amide bonds. The Hall–Kier alpha value is -1.05. The Morgan fingerprint density at radius 3 is 3.00 bits per heavy atom. The lowest BCUT2D eigenvalue weighted by Gasteiger charge is -2.08. The normalized spacial score (nSPS) is 18.2. The Labute approximate surface area is 61.4 Å². The van der Waals surface area contributed by atoms with Crippen LogP contribution >= 0.6 is 0 Å². The van der Waals surface area contributed by atoms with E-state index in [2.05, 4.69) is 16.4 Å². The number of amidine groups is 1. The molecular formula is C8H12N2. The maximum atomic E-state index is 4.22. The molecule has 54 valence electrons. The summed E-state index contributed by atoms with van der Waals surface area (Å²) in [5.41, 5.74) is 1.23. The minimum atomic E-state index is 0.809. The van der Waals surface area contributed by atoms with Crippen LogP contribution < -0.4 is 5.32 Å². The van der Waals surface area contributed by atoms with Crippen molar-refractivity contribution in [1.29, 1.82) is 0 Å². The predicted molar refractivity (Wildman–Crippen MR) is 44.0 cm³/mol. The summed E-state index contributed by atoms with van der Waals surface area (Å²) >= 11 is 0. The lowest BCUT2D eigenvalue weighted by molar-refractivity contribution is 1.05. The molecule has 0 aromatic rings. The summed E-state index contributed by atoms with van der Waals surface area (Å²) < 4.78 is 0. The molecule has 0 aliphatic carbocycles. The lowest BCUT2D eigenvalue weighted by Crippen LogP contribution is -2.18. The topological polar surface area (TPSA) is 24.4 Å². The summed E-state index contributed by atoms with van der Waals surface area (Å²) in [5, 5.41) is 3.05. The first-order chi connectivity index (χ1) is 4.83. The molecule has 0 atom stereocenters. The molecule has 2 nitrogen and oxygen atoms in total. The van der Waals surface area contributed by atoms with Gasteiger partial charge in [0.05, 0.1) is 12.4 Å². The fourth-order valence-corrected chi connectivity index (χ4v) is 0.813. The number of nitrogens with zero attached hydrogens (tertiary/aromatic N) is 1. The van der Waals surface area contributed by atoms with Gasteiger partial charge in [0.15, 0.2) is 0 Å². The molecule has 0 aromatic heterocycles. The maximum absolute atomic E-state index is 4.22. The smallest absolute Gasteiger partial charge is 0.0975 e. The van der Waals surface area contributed by atoms with Gasteiger partial charge < -0.3 is 5.32 Å². The Morgan fingerprint density at radius 2 is 2.50 bits per heavy atom. The summed E-state index contributed by atoms with van der Waals surface area (Å²) in [7, 11) is 0. The molecule has 0 radical (unpaired) electrons. The van der Waals surface area contributed by atoms with Crippen molar-refractivity contribution in [3.8, 4) is 0 Å². The van der Waals surface area contributed by atoms with Crippen LogP contribution in [0.1, 0.15) is 13.8 Å². The first-order valence-electron chi connectivity index (χ1n) is 3.42. The van der Waals surface area contributed by atoms with Gasteiger partial charge in [0.25, 0.3) is 0 Å². The molecule has 10 heavy (non-hydrogen) atoms. The van der Waals surface area contributed by atoms with E-state index in [1.165, 1.54) is 5.57 Å². The zero-order valence-electron chi connectivity index (χ0n) is 6.39. The molecule has 2 heteroatoms. The molecule has 0 saturated carbocycles. The average Bonchev–Trinajstić information content (AvgIpc) is 1.95. The lowest BCUT2D eigenvalue weighted by atomic mass is 10.2. The quantitative estimate of drug-likeness (QED) is 0.580. The van der Waals surface area contributed by atoms with Gasteiger partial charge in [-0.2, -0.15) is 0 Å². The molecule has 0 bridgehead atoms. The van der Waals surface area contributed by atoms with E-state index >= 15 is 0 Å². The predicted octanol–water partition coefficient (Wildman–Crippen LogP) is 1.47. The van der Waals surface area contributed by atoms with Gasteiger partial charge in [0, 0.05) is 6.20 Å². The molecule has 0 unspecified atom stereocenters. The third-order valence-corrected chi connectivity index (χ3v) is 1.35. The number of hydrogen-bond donors (Lipinski definition) is 1. The molecule has 1 rings (SSSR count). The number of aliphatic imine (C=N–C) groups is 1. The van der Waals surface area contributed by atoms with Gasteiger partial charge in [-0.05, 0) is 19.4 Å². The molecular weight excluding hydrogens is 124 g/mol. The van der Waals surface area contributed by atoms with Gasteiger partial charge in [0.1, 0.15) is 0 Å². The van der Waals surface area contributed by atoms with Crippen molar-refractivity contribution in [3.63, 3.8) is 0 Å². The summed E-state index contributed by atoms with van der Waals surface area (Å²) in [5.74, 6) is 0.994. The van der Waals surface area contributed by atoms with Crippen molar-refractivity contribution in [2.24, 2.45) is 4.99 Å². The van der Waals surface area contributed by atoms with Crippen LogP contribution in [0, 0.1) is 0 Å². The summed E-state index contributed by atoms with van der Waals surface area (Å²) in [6.45, 7) is 4.78. The van der Waals surface area contributed by atoms with Crippen molar-refractivity contribution < 1.29 is 0 Å². The van der Waals surface area contributed by atoms with Crippen molar-refractivity contribution in [3.05, 3.63) is 23.9 Å². The van der Waals surface area contributed by atoms with E-state index in [9.17, 15) is 0 Å². The first kappa shape index (κ1) is 7.06. The van der Waals surface area contributed by atoms with Gasteiger partial charge >= 0.3 is 0 Å². The highest BCUT2D eigenvalue weighted by Gasteiger charge is 1.96. The number of hydrogen-bond acceptors (Lipinski definition) is 2. The van der Waals surface area contributed by atoms with Crippen molar-refractivity contribution in [2.45, 2.75) is 13.8 Å². The highest BCUT2D eigenvalue weighted by molar-refractivity contribution is 5.81. The van der Waals surface area contributed by atoms with Gasteiger partial charge in [-0.15, -0.1) is 0 Å². The van der Waals surface area contributed by atoms with Crippen molar-refractivity contribution >= 4 is 5.84 Å². The molecule has 0 fully saturated rings.